The van der Waals surface area contributed by atoms with Gasteiger partial charge in [-0.2, -0.15) is 0 Å². The van der Waals surface area contributed by atoms with Gasteiger partial charge in [0.15, 0.2) is 0 Å². The Morgan fingerprint density at radius 1 is 1.33 bits per heavy atom. The molecular formula is C15H25N3O2S. The van der Waals surface area contributed by atoms with E-state index in [1.54, 1.807) is 11.3 Å². The van der Waals surface area contributed by atoms with Crippen molar-refractivity contribution in [2.24, 2.45) is 0 Å². The maximum absolute atomic E-state index is 11.8. The zero-order valence-electron chi connectivity index (χ0n) is 12.9. The van der Waals surface area contributed by atoms with Crippen LogP contribution in [0, 0.1) is 0 Å². The number of likely N-dealkylation sites (N-methyl/N-ethyl adjacent to an activating group) is 1. The molecule has 3 amide bonds. The molecule has 0 radical (unpaired) electrons. The summed E-state index contributed by atoms with van der Waals surface area (Å²) in [7, 11) is 0. The second-order valence-electron chi connectivity index (χ2n) is 4.86. The van der Waals surface area contributed by atoms with Crippen LogP contribution in [0.25, 0.3) is 0 Å². The van der Waals surface area contributed by atoms with E-state index in [0.717, 1.165) is 32.4 Å². The molecule has 1 aromatic heterocycles. The number of amides is 3. The molecule has 0 unspecified atom stereocenters. The maximum atomic E-state index is 11.8. The average Bonchev–Trinajstić information content (AvgIpc) is 2.96. The number of unbranched alkanes of at least 4 members (excludes halogenated alkanes) is 1. The lowest BCUT2D eigenvalue weighted by molar-refractivity contribution is -0.121. The van der Waals surface area contributed by atoms with E-state index in [1.165, 1.54) is 4.88 Å². The monoisotopic (exact) mass is 311 g/mol. The third-order valence-corrected chi connectivity index (χ3v) is 4.07. The van der Waals surface area contributed by atoms with Gasteiger partial charge in [0.2, 0.25) is 5.91 Å². The number of carbonyl (C=O) groups excluding carboxylic acids is 2. The Kier molecular flexibility index (Phi) is 8.69. The Labute approximate surface area is 130 Å². The minimum atomic E-state index is -0.414. The molecule has 0 aliphatic rings. The summed E-state index contributed by atoms with van der Waals surface area (Å²) in [6.45, 7) is 6.65. The summed E-state index contributed by atoms with van der Waals surface area (Å²) in [5.74, 6) is -0.249. The van der Waals surface area contributed by atoms with E-state index in [2.05, 4.69) is 17.6 Å². The Bertz CT molecular complexity index is 421. The minimum absolute atomic E-state index is 0.249. The van der Waals surface area contributed by atoms with Crippen LogP contribution in [-0.2, 0) is 11.2 Å². The molecule has 0 bridgehead atoms. The summed E-state index contributed by atoms with van der Waals surface area (Å²) in [5, 5.41) is 7.09. The zero-order chi connectivity index (χ0) is 15.5. The lowest BCUT2D eigenvalue weighted by atomic mass is 10.3. The van der Waals surface area contributed by atoms with Crippen molar-refractivity contribution in [3.63, 3.8) is 0 Å². The SMILES string of the molecule is CCCCN(CC)CC(=O)NC(=O)NCCc1cccs1. The van der Waals surface area contributed by atoms with Gasteiger partial charge in [0.25, 0.3) is 0 Å². The number of rotatable bonds is 9. The molecule has 0 aliphatic heterocycles. The van der Waals surface area contributed by atoms with Gasteiger partial charge in [0.05, 0.1) is 6.54 Å². The molecule has 118 valence electrons. The van der Waals surface area contributed by atoms with Crippen LogP contribution in [0.15, 0.2) is 17.5 Å². The van der Waals surface area contributed by atoms with Crippen LogP contribution < -0.4 is 10.6 Å². The van der Waals surface area contributed by atoms with Gasteiger partial charge in [0, 0.05) is 11.4 Å². The first kappa shape index (κ1) is 17.7. The number of carbonyl (C=O) groups is 2. The number of thiophene rings is 1. The zero-order valence-corrected chi connectivity index (χ0v) is 13.7. The van der Waals surface area contributed by atoms with Gasteiger partial charge < -0.3 is 5.32 Å². The molecular weight excluding hydrogens is 286 g/mol. The van der Waals surface area contributed by atoms with E-state index in [0.29, 0.717) is 6.54 Å². The first-order valence-corrected chi connectivity index (χ1v) is 8.36. The number of hydrogen-bond donors (Lipinski definition) is 2. The van der Waals surface area contributed by atoms with Crippen molar-refractivity contribution in [3.8, 4) is 0 Å². The molecule has 0 atom stereocenters. The van der Waals surface area contributed by atoms with Gasteiger partial charge in [-0.1, -0.05) is 26.3 Å². The predicted molar refractivity (Wildman–Crippen MR) is 86.6 cm³/mol. The molecule has 5 nitrogen and oxygen atoms in total. The molecule has 1 aromatic rings. The van der Waals surface area contributed by atoms with Gasteiger partial charge in [-0.25, -0.2) is 4.79 Å². The Morgan fingerprint density at radius 3 is 2.76 bits per heavy atom. The number of nitrogens with one attached hydrogen (secondary N) is 2. The summed E-state index contributed by atoms with van der Waals surface area (Å²) in [6.07, 6.45) is 2.95. The Balaban J connectivity index is 2.18. The van der Waals surface area contributed by atoms with Crippen molar-refractivity contribution in [1.82, 2.24) is 15.5 Å². The van der Waals surface area contributed by atoms with Crippen molar-refractivity contribution < 1.29 is 9.59 Å². The Morgan fingerprint density at radius 2 is 2.14 bits per heavy atom. The standard InChI is InChI=1S/C15H25N3O2S/c1-3-5-10-18(4-2)12-14(19)17-15(20)16-9-8-13-7-6-11-21-13/h6-7,11H,3-5,8-10,12H2,1-2H3,(H2,16,17,19,20). The van der Waals surface area contributed by atoms with Crippen molar-refractivity contribution in [2.45, 2.75) is 33.1 Å². The van der Waals surface area contributed by atoms with E-state index in [1.807, 2.05) is 29.3 Å². The van der Waals surface area contributed by atoms with Crippen LogP contribution in [-0.4, -0.2) is 43.0 Å². The predicted octanol–water partition coefficient (Wildman–Crippen LogP) is 2.24. The van der Waals surface area contributed by atoms with Crippen LogP contribution in [0.1, 0.15) is 31.6 Å². The topological polar surface area (TPSA) is 61.4 Å². The van der Waals surface area contributed by atoms with Crippen LogP contribution in [0.5, 0.6) is 0 Å². The van der Waals surface area contributed by atoms with Gasteiger partial charge in [0.1, 0.15) is 0 Å². The molecule has 6 heteroatoms. The number of imide groups is 1. The lowest BCUT2D eigenvalue weighted by Gasteiger charge is -2.19. The summed E-state index contributed by atoms with van der Waals surface area (Å²) in [5.41, 5.74) is 0. The summed E-state index contributed by atoms with van der Waals surface area (Å²) >= 11 is 1.66. The molecule has 0 fully saturated rings. The van der Waals surface area contributed by atoms with E-state index < -0.39 is 6.03 Å². The first-order chi connectivity index (χ1) is 10.2. The second-order valence-corrected chi connectivity index (χ2v) is 5.89. The van der Waals surface area contributed by atoms with Crippen LogP contribution in [0.3, 0.4) is 0 Å². The second kappa shape index (κ2) is 10.3. The fourth-order valence-corrected chi connectivity index (χ4v) is 2.61. The van der Waals surface area contributed by atoms with Gasteiger partial charge in [-0.05, 0) is 37.4 Å². The fraction of sp³-hybridized carbons (Fsp3) is 0.600. The highest BCUT2D eigenvalue weighted by atomic mass is 32.1. The summed E-state index contributed by atoms with van der Waals surface area (Å²) in [6, 6.07) is 3.60. The number of urea groups is 1. The third kappa shape index (κ3) is 7.82. The van der Waals surface area contributed by atoms with E-state index >= 15 is 0 Å². The molecule has 1 heterocycles. The highest BCUT2D eigenvalue weighted by molar-refractivity contribution is 7.09. The average molecular weight is 311 g/mol. The fourth-order valence-electron chi connectivity index (χ4n) is 1.90. The molecule has 0 aliphatic carbocycles. The molecule has 21 heavy (non-hydrogen) atoms. The normalized spacial score (nSPS) is 10.6. The number of hydrogen-bond acceptors (Lipinski definition) is 4. The van der Waals surface area contributed by atoms with E-state index in [4.69, 9.17) is 0 Å². The largest absolute Gasteiger partial charge is 0.337 e. The van der Waals surface area contributed by atoms with Crippen molar-refractivity contribution in [1.29, 1.82) is 0 Å². The molecule has 0 spiro atoms. The molecule has 0 aromatic carbocycles. The molecule has 2 N–H and O–H groups in total. The van der Waals surface area contributed by atoms with Gasteiger partial charge in [-0.15, -0.1) is 11.3 Å². The van der Waals surface area contributed by atoms with E-state index in [-0.39, 0.29) is 12.5 Å². The molecule has 0 saturated carbocycles. The molecule has 0 saturated heterocycles. The van der Waals surface area contributed by atoms with Crippen molar-refractivity contribution >= 4 is 23.3 Å². The number of nitrogens with zero attached hydrogens (tertiary/aromatic N) is 1. The van der Waals surface area contributed by atoms with Crippen molar-refractivity contribution in [2.75, 3.05) is 26.2 Å². The quantitative estimate of drug-likeness (QED) is 0.735. The highest BCUT2D eigenvalue weighted by Crippen LogP contribution is 2.07. The van der Waals surface area contributed by atoms with Crippen LogP contribution >= 0.6 is 11.3 Å². The summed E-state index contributed by atoms with van der Waals surface area (Å²) < 4.78 is 0. The highest BCUT2D eigenvalue weighted by Gasteiger charge is 2.11. The first-order valence-electron chi connectivity index (χ1n) is 7.48. The van der Waals surface area contributed by atoms with Crippen molar-refractivity contribution in [3.05, 3.63) is 22.4 Å². The van der Waals surface area contributed by atoms with Gasteiger partial charge >= 0.3 is 6.03 Å². The maximum Gasteiger partial charge on any atom is 0.321 e. The van der Waals surface area contributed by atoms with Crippen LogP contribution in [0.2, 0.25) is 0 Å². The third-order valence-electron chi connectivity index (χ3n) is 3.13. The smallest absolute Gasteiger partial charge is 0.321 e. The Hall–Kier alpha value is -1.40. The van der Waals surface area contributed by atoms with E-state index in [9.17, 15) is 9.59 Å². The summed E-state index contributed by atoms with van der Waals surface area (Å²) in [4.78, 5) is 26.6. The van der Waals surface area contributed by atoms with Gasteiger partial charge in [-0.3, -0.25) is 15.0 Å². The molecule has 1 rings (SSSR count). The lowest BCUT2D eigenvalue weighted by Crippen LogP contribution is -2.45. The van der Waals surface area contributed by atoms with Crippen LogP contribution in [0.4, 0.5) is 4.79 Å². The minimum Gasteiger partial charge on any atom is -0.337 e.